The molecule has 0 aliphatic carbocycles. The first-order valence-electron chi connectivity index (χ1n) is 5.38. The fraction of sp³-hybridized carbons (Fsp3) is 0.800. The summed E-state index contributed by atoms with van der Waals surface area (Å²) in [6.07, 6.45) is 5.37. The third kappa shape index (κ3) is 1.80. The summed E-state index contributed by atoms with van der Waals surface area (Å²) in [6, 6.07) is 0.658. The van der Waals surface area contributed by atoms with E-state index in [4.69, 9.17) is 0 Å². The van der Waals surface area contributed by atoms with Crippen LogP contribution < -0.4 is 5.32 Å². The molecule has 0 amide bonds. The normalized spacial score (nSPS) is 27.9. The Labute approximate surface area is 84.7 Å². The van der Waals surface area contributed by atoms with Crippen molar-refractivity contribution in [1.82, 2.24) is 20.1 Å². The van der Waals surface area contributed by atoms with Crippen molar-refractivity contribution in [3.05, 3.63) is 12.2 Å². The molecule has 14 heavy (non-hydrogen) atoms. The predicted octanol–water partition coefficient (Wildman–Crippen LogP) is 1.06. The maximum Gasteiger partial charge on any atom is 0.135 e. The maximum atomic E-state index is 4.19. The summed E-state index contributed by atoms with van der Waals surface area (Å²) in [5.41, 5.74) is 0. The quantitative estimate of drug-likeness (QED) is 0.765. The van der Waals surface area contributed by atoms with E-state index < -0.39 is 0 Å². The fourth-order valence-electron chi connectivity index (χ4n) is 2.21. The number of rotatable bonds is 2. The molecule has 4 nitrogen and oxygen atoms in total. The van der Waals surface area contributed by atoms with E-state index in [2.05, 4.69) is 22.4 Å². The summed E-state index contributed by atoms with van der Waals surface area (Å²) < 4.78 is 2.04. The summed E-state index contributed by atoms with van der Waals surface area (Å²) in [5, 5.41) is 11.7. The van der Waals surface area contributed by atoms with Crippen LogP contribution in [0.15, 0.2) is 6.33 Å². The highest BCUT2D eigenvalue weighted by Crippen LogP contribution is 2.26. The number of nitrogens with one attached hydrogen (secondary N) is 1. The van der Waals surface area contributed by atoms with Gasteiger partial charge in [0.15, 0.2) is 0 Å². The zero-order chi connectivity index (χ0) is 9.97. The lowest BCUT2D eigenvalue weighted by molar-refractivity contribution is 0.342. The van der Waals surface area contributed by atoms with Crippen molar-refractivity contribution in [3.8, 4) is 0 Å². The molecule has 2 atom stereocenters. The molecule has 0 bridgehead atoms. The number of aryl methyl sites for hydroxylation is 1. The van der Waals surface area contributed by atoms with Crippen molar-refractivity contribution in [1.29, 1.82) is 0 Å². The summed E-state index contributed by atoms with van der Waals surface area (Å²) in [5.74, 6) is 1.73. The molecular formula is C10H18N4. The van der Waals surface area contributed by atoms with Gasteiger partial charge in [-0.15, -0.1) is 10.2 Å². The first-order chi connectivity index (χ1) is 6.81. The van der Waals surface area contributed by atoms with Crippen LogP contribution in [0.5, 0.6) is 0 Å². The van der Waals surface area contributed by atoms with Gasteiger partial charge in [0, 0.05) is 19.0 Å². The molecule has 1 aromatic rings. The van der Waals surface area contributed by atoms with Gasteiger partial charge in [-0.25, -0.2) is 0 Å². The third-order valence-electron chi connectivity index (χ3n) is 3.10. The van der Waals surface area contributed by atoms with Gasteiger partial charge in [-0.05, 0) is 25.8 Å². The van der Waals surface area contributed by atoms with E-state index in [1.54, 1.807) is 6.33 Å². The predicted molar refractivity (Wildman–Crippen MR) is 55.1 cm³/mol. The Morgan fingerprint density at radius 3 is 3.14 bits per heavy atom. The molecule has 0 radical (unpaired) electrons. The van der Waals surface area contributed by atoms with Crippen molar-refractivity contribution in [2.75, 3.05) is 6.54 Å². The van der Waals surface area contributed by atoms with E-state index in [0.717, 1.165) is 12.4 Å². The van der Waals surface area contributed by atoms with E-state index in [0.29, 0.717) is 12.0 Å². The molecule has 2 rings (SSSR count). The van der Waals surface area contributed by atoms with Crippen molar-refractivity contribution in [2.24, 2.45) is 7.05 Å². The third-order valence-corrected chi connectivity index (χ3v) is 3.10. The second-order valence-corrected chi connectivity index (χ2v) is 4.08. The molecule has 4 heteroatoms. The van der Waals surface area contributed by atoms with Crippen LogP contribution in [0.1, 0.15) is 37.9 Å². The smallest absolute Gasteiger partial charge is 0.135 e. The minimum atomic E-state index is 0.591. The molecule has 1 aliphatic heterocycles. The molecule has 2 unspecified atom stereocenters. The van der Waals surface area contributed by atoms with Crippen LogP contribution in [0.4, 0.5) is 0 Å². The fourth-order valence-corrected chi connectivity index (χ4v) is 2.21. The Bertz CT molecular complexity index is 294. The van der Waals surface area contributed by atoms with E-state index in [1.165, 1.54) is 19.3 Å². The van der Waals surface area contributed by atoms with Crippen LogP contribution in [-0.2, 0) is 7.05 Å². The molecule has 1 aliphatic rings. The van der Waals surface area contributed by atoms with Crippen LogP contribution in [0.2, 0.25) is 0 Å². The molecular weight excluding hydrogens is 176 g/mol. The van der Waals surface area contributed by atoms with Crippen molar-refractivity contribution >= 4 is 0 Å². The molecule has 1 fully saturated rings. The lowest BCUT2D eigenvalue weighted by Gasteiger charge is -2.28. The number of hydrogen-bond acceptors (Lipinski definition) is 3. The summed E-state index contributed by atoms with van der Waals surface area (Å²) in [6.45, 7) is 3.34. The van der Waals surface area contributed by atoms with Gasteiger partial charge in [-0.3, -0.25) is 0 Å². The maximum absolute atomic E-state index is 4.19. The zero-order valence-corrected chi connectivity index (χ0v) is 8.90. The number of hydrogen-bond donors (Lipinski definition) is 1. The van der Waals surface area contributed by atoms with Gasteiger partial charge >= 0.3 is 0 Å². The lowest BCUT2D eigenvalue weighted by atomic mass is 9.90. The van der Waals surface area contributed by atoms with Crippen LogP contribution >= 0.6 is 0 Å². The van der Waals surface area contributed by atoms with Crippen molar-refractivity contribution < 1.29 is 0 Å². The highest BCUT2D eigenvalue weighted by molar-refractivity contribution is 4.99. The van der Waals surface area contributed by atoms with E-state index in [1.807, 2.05) is 11.6 Å². The Kier molecular flexibility index (Phi) is 2.82. The molecule has 2 heterocycles. The Morgan fingerprint density at radius 2 is 2.50 bits per heavy atom. The zero-order valence-electron chi connectivity index (χ0n) is 8.90. The topological polar surface area (TPSA) is 42.7 Å². The summed E-state index contributed by atoms with van der Waals surface area (Å²) in [7, 11) is 2.03. The van der Waals surface area contributed by atoms with Gasteiger partial charge in [0.2, 0.25) is 0 Å². The Morgan fingerprint density at radius 1 is 1.64 bits per heavy atom. The van der Waals surface area contributed by atoms with Crippen molar-refractivity contribution in [3.63, 3.8) is 0 Å². The minimum absolute atomic E-state index is 0.591. The van der Waals surface area contributed by atoms with E-state index in [-0.39, 0.29) is 0 Å². The van der Waals surface area contributed by atoms with Crippen molar-refractivity contribution in [2.45, 2.75) is 38.1 Å². The minimum Gasteiger partial charge on any atom is -0.320 e. The van der Waals surface area contributed by atoms with Crippen LogP contribution in [0, 0.1) is 0 Å². The average molecular weight is 194 g/mol. The van der Waals surface area contributed by atoms with Crippen LogP contribution in [0.25, 0.3) is 0 Å². The average Bonchev–Trinajstić information content (AvgIpc) is 2.65. The first-order valence-corrected chi connectivity index (χ1v) is 5.38. The van der Waals surface area contributed by atoms with E-state index in [9.17, 15) is 0 Å². The Hall–Kier alpha value is -0.900. The molecule has 0 aromatic carbocycles. The molecule has 1 saturated heterocycles. The Balaban J connectivity index is 2.08. The summed E-state index contributed by atoms with van der Waals surface area (Å²) in [4.78, 5) is 0. The highest BCUT2D eigenvalue weighted by Gasteiger charge is 2.24. The standard InChI is InChI=1S/C10H18N4/c1-3-9-6-8(4-5-11-9)10-13-12-7-14(10)2/h7-9,11H,3-6H2,1-2H3. The molecule has 0 saturated carbocycles. The van der Waals surface area contributed by atoms with Gasteiger partial charge in [0.05, 0.1) is 0 Å². The first kappa shape index (κ1) is 9.65. The monoisotopic (exact) mass is 194 g/mol. The summed E-state index contributed by atoms with van der Waals surface area (Å²) >= 11 is 0. The second kappa shape index (κ2) is 4.09. The van der Waals surface area contributed by atoms with Gasteiger partial charge in [0.25, 0.3) is 0 Å². The van der Waals surface area contributed by atoms with Gasteiger partial charge in [0.1, 0.15) is 12.2 Å². The molecule has 1 aromatic heterocycles. The second-order valence-electron chi connectivity index (χ2n) is 4.08. The SMILES string of the molecule is CCC1CC(c2nncn2C)CCN1. The van der Waals surface area contributed by atoms with Crippen LogP contribution in [-0.4, -0.2) is 27.4 Å². The molecule has 1 N–H and O–H groups in total. The van der Waals surface area contributed by atoms with Crippen LogP contribution in [0.3, 0.4) is 0 Å². The van der Waals surface area contributed by atoms with Gasteiger partial charge < -0.3 is 9.88 Å². The van der Waals surface area contributed by atoms with Gasteiger partial charge in [-0.1, -0.05) is 6.92 Å². The molecule has 78 valence electrons. The van der Waals surface area contributed by atoms with Gasteiger partial charge in [-0.2, -0.15) is 0 Å². The van der Waals surface area contributed by atoms with E-state index >= 15 is 0 Å². The number of nitrogens with zero attached hydrogens (tertiary/aromatic N) is 3. The highest BCUT2D eigenvalue weighted by atomic mass is 15.2. The largest absolute Gasteiger partial charge is 0.320 e. The number of aromatic nitrogens is 3. The molecule has 0 spiro atoms. The number of piperidine rings is 1. The lowest BCUT2D eigenvalue weighted by Crippen LogP contribution is -2.37.